The van der Waals surface area contributed by atoms with Crippen molar-refractivity contribution in [2.45, 2.75) is 58.8 Å². The van der Waals surface area contributed by atoms with E-state index in [0.717, 1.165) is 10.7 Å². The Kier molecular flexibility index (Phi) is 7.09. The lowest BCUT2D eigenvalue weighted by Crippen LogP contribution is -2.39. The van der Waals surface area contributed by atoms with E-state index < -0.39 is 10.8 Å². The third-order valence-corrected chi connectivity index (χ3v) is 7.60. The van der Waals surface area contributed by atoms with Gasteiger partial charge in [0.25, 0.3) is 11.8 Å². The molecule has 4 heterocycles. The first kappa shape index (κ1) is 26.3. The van der Waals surface area contributed by atoms with Gasteiger partial charge in [-0.25, -0.2) is 0 Å². The average molecular weight is 527 g/mol. The average Bonchev–Trinajstić information content (AvgIpc) is 3.42. The lowest BCUT2D eigenvalue weighted by atomic mass is 9.89. The Labute approximate surface area is 218 Å². The molecule has 1 N–H and O–H groups in total. The first-order valence-corrected chi connectivity index (χ1v) is 12.8. The zero-order chi connectivity index (χ0) is 27.1. The van der Waals surface area contributed by atoms with Crippen LogP contribution in [-0.2, 0) is 12.5 Å². The Bertz CT molecular complexity index is 1370. The molecule has 2 amide bonds. The van der Waals surface area contributed by atoms with E-state index in [-0.39, 0.29) is 34.3 Å². The van der Waals surface area contributed by atoms with Gasteiger partial charge in [0.15, 0.2) is 0 Å². The SMILES string of the molecule is Cc1ccc(C(=O)Nc2nnc(C(C)(C)C)s2)c(C2CCN(C(=O)c3c([N+](=O)[O-])c(C)nn3C)CC2)n1. The number of likely N-dealkylation sites (tertiary alicyclic amines) is 1. The molecule has 196 valence electrons. The molecule has 13 heteroatoms. The third-order valence-electron chi connectivity index (χ3n) is 6.34. The smallest absolute Gasteiger partial charge is 0.322 e. The summed E-state index contributed by atoms with van der Waals surface area (Å²) in [6, 6.07) is 3.56. The first-order chi connectivity index (χ1) is 17.4. The van der Waals surface area contributed by atoms with Gasteiger partial charge in [-0.2, -0.15) is 5.10 Å². The van der Waals surface area contributed by atoms with Crippen molar-refractivity contribution in [2.24, 2.45) is 7.05 Å². The van der Waals surface area contributed by atoms with Crippen LogP contribution in [0.5, 0.6) is 0 Å². The fraction of sp³-hybridized carbons (Fsp3) is 0.500. The minimum atomic E-state index is -0.563. The number of hydrogen-bond acceptors (Lipinski definition) is 9. The lowest BCUT2D eigenvalue weighted by Gasteiger charge is -2.32. The van der Waals surface area contributed by atoms with E-state index in [0.29, 0.717) is 42.3 Å². The van der Waals surface area contributed by atoms with E-state index in [4.69, 9.17) is 0 Å². The second-order valence-corrected chi connectivity index (χ2v) is 11.2. The molecule has 0 spiro atoms. The maximum atomic E-state index is 13.2. The van der Waals surface area contributed by atoms with Crippen LogP contribution in [-0.4, -0.2) is 59.7 Å². The first-order valence-electron chi connectivity index (χ1n) is 12.0. The van der Waals surface area contributed by atoms with Crippen molar-refractivity contribution in [3.8, 4) is 0 Å². The fourth-order valence-electron chi connectivity index (χ4n) is 4.43. The van der Waals surface area contributed by atoms with Crippen LogP contribution in [0.15, 0.2) is 12.1 Å². The molecular weight excluding hydrogens is 496 g/mol. The molecular formula is C24H30N8O4S. The van der Waals surface area contributed by atoms with E-state index in [1.165, 1.54) is 30.0 Å². The monoisotopic (exact) mass is 526 g/mol. The van der Waals surface area contributed by atoms with E-state index in [2.05, 4.69) is 25.6 Å². The highest BCUT2D eigenvalue weighted by molar-refractivity contribution is 7.15. The summed E-state index contributed by atoms with van der Waals surface area (Å²) in [6.45, 7) is 10.3. The zero-order valence-corrected chi connectivity index (χ0v) is 22.5. The van der Waals surface area contributed by atoms with Gasteiger partial charge in [0.2, 0.25) is 10.8 Å². The Morgan fingerprint density at radius 3 is 2.43 bits per heavy atom. The summed E-state index contributed by atoms with van der Waals surface area (Å²) in [6.07, 6.45) is 1.14. The minimum absolute atomic E-state index is 0.0265. The molecule has 0 saturated carbocycles. The van der Waals surface area contributed by atoms with Crippen LogP contribution in [0, 0.1) is 24.0 Å². The Hall–Kier alpha value is -3.74. The van der Waals surface area contributed by atoms with Crippen LogP contribution in [0.3, 0.4) is 0 Å². The number of aromatic nitrogens is 5. The number of piperidine rings is 1. The third kappa shape index (κ3) is 5.36. The number of nitro groups is 1. The number of rotatable bonds is 5. The van der Waals surface area contributed by atoms with Crippen LogP contribution in [0.25, 0.3) is 0 Å². The van der Waals surface area contributed by atoms with Crippen molar-refractivity contribution in [2.75, 3.05) is 18.4 Å². The fourth-order valence-corrected chi connectivity index (χ4v) is 5.23. The lowest BCUT2D eigenvalue weighted by molar-refractivity contribution is -0.385. The standard InChI is InChI=1S/C24H30N8O4S/c1-13-7-8-16(20(33)26-23-28-27-22(37-23)24(3,4)5)17(25-13)15-9-11-31(12-10-15)21(34)19-18(32(35)36)14(2)29-30(19)6/h7-8,15H,9-12H2,1-6H3,(H,26,28,33). The van der Waals surface area contributed by atoms with Gasteiger partial charge in [0.1, 0.15) is 10.7 Å². The molecule has 1 aliphatic heterocycles. The molecule has 0 aromatic carbocycles. The van der Waals surface area contributed by atoms with Crippen LogP contribution < -0.4 is 5.32 Å². The number of nitrogens with zero attached hydrogens (tertiary/aromatic N) is 7. The van der Waals surface area contributed by atoms with Gasteiger partial charge >= 0.3 is 5.69 Å². The number of amides is 2. The zero-order valence-electron chi connectivity index (χ0n) is 21.7. The number of carbonyl (C=O) groups is 2. The quantitative estimate of drug-likeness (QED) is 0.390. The van der Waals surface area contributed by atoms with Crippen LogP contribution in [0.2, 0.25) is 0 Å². The topological polar surface area (TPSA) is 149 Å². The van der Waals surface area contributed by atoms with Crippen molar-refractivity contribution in [3.63, 3.8) is 0 Å². The molecule has 0 radical (unpaired) electrons. The van der Waals surface area contributed by atoms with Crippen LogP contribution in [0.4, 0.5) is 10.8 Å². The highest BCUT2D eigenvalue weighted by atomic mass is 32.1. The molecule has 1 fully saturated rings. The van der Waals surface area contributed by atoms with Gasteiger partial charge in [0, 0.05) is 37.2 Å². The molecule has 0 atom stereocenters. The number of aryl methyl sites for hydroxylation is 3. The molecule has 3 aromatic heterocycles. The molecule has 3 aromatic rings. The van der Waals surface area contributed by atoms with Gasteiger partial charge in [-0.15, -0.1) is 10.2 Å². The van der Waals surface area contributed by atoms with Crippen molar-refractivity contribution in [1.29, 1.82) is 0 Å². The maximum absolute atomic E-state index is 13.2. The summed E-state index contributed by atoms with van der Waals surface area (Å²) in [7, 11) is 1.53. The molecule has 0 unspecified atom stereocenters. The molecule has 0 aliphatic carbocycles. The van der Waals surface area contributed by atoms with Crippen LogP contribution >= 0.6 is 11.3 Å². The number of anilines is 1. The van der Waals surface area contributed by atoms with Gasteiger partial charge in [-0.3, -0.25) is 34.7 Å². The van der Waals surface area contributed by atoms with E-state index in [9.17, 15) is 19.7 Å². The van der Waals surface area contributed by atoms with Crippen molar-refractivity contribution in [1.82, 2.24) is 29.9 Å². The summed E-state index contributed by atoms with van der Waals surface area (Å²) in [5, 5.41) is 28.0. The van der Waals surface area contributed by atoms with Gasteiger partial charge in [-0.1, -0.05) is 32.1 Å². The Balaban J connectivity index is 1.51. The highest BCUT2D eigenvalue weighted by Gasteiger charge is 2.35. The van der Waals surface area contributed by atoms with Gasteiger partial charge < -0.3 is 4.90 Å². The van der Waals surface area contributed by atoms with Gasteiger partial charge in [-0.05, 0) is 38.8 Å². The predicted octanol–water partition coefficient (Wildman–Crippen LogP) is 3.76. The minimum Gasteiger partial charge on any atom is -0.337 e. The summed E-state index contributed by atoms with van der Waals surface area (Å²) in [4.78, 5) is 43.6. The maximum Gasteiger partial charge on any atom is 0.322 e. The summed E-state index contributed by atoms with van der Waals surface area (Å²) >= 11 is 1.34. The Morgan fingerprint density at radius 1 is 1.16 bits per heavy atom. The van der Waals surface area contributed by atoms with E-state index in [1.807, 2.05) is 27.7 Å². The predicted molar refractivity (Wildman–Crippen MR) is 138 cm³/mol. The Morgan fingerprint density at radius 2 is 1.84 bits per heavy atom. The summed E-state index contributed by atoms with van der Waals surface area (Å²) in [5.74, 6) is -0.777. The molecule has 4 rings (SSSR count). The number of hydrogen-bond donors (Lipinski definition) is 1. The largest absolute Gasteiger partial charge is 0.337 e. The molecule has 12 nitrogen and oxygen atoms in total. The highest BCUT2D eigenvalue weighted by Crippen LogP contribution is 2.33. The second kappa shape index (κ2) is 9.96. The normalized spacial score (nSPS) is 14.6. The van der Waals surface area contributed by atoms with E-state index >= 15 is 0 Å². The van der Waals surface area contributed by atoms with Crippen molar-refractivity contribution < 1.29 is 14.5 Å². The number of carbonyl (C=O) groups excluding carboxylic acids is 2. The molecule has 37 heavy (non-hydrogen) atoms. The van der Waals surface area contributed by atoms with Crippen molar-refractivity contribution in [3.05, 3.63) is 55.6 Å². The van der Waals surface area contributed by atoms with Crippen LogP contribution in [0.1, 0.15) is 82.5 Å². The summed E-state index contributed by atoms with van der Waals surface area (Å²) < 4.78 is 1.27. The second-order valence-electron chi connectivity index (χ2n) is 10.2. The van der Waals surface area contributed by atoms with E-state index in [1.54, 1.807) is 17.0 Å². The summed E-state index contributed by atoms with van der Waals surface area (Å²) in [5.41, 5.74) is 1.67. The molecule has 0 bridgehead atoms. The number of nitrogens with one attached hydrogen (secondary N) is 1. The number of pyridine rings is 1. The molecule has 1 saturated heterocycles. The van der Waals surface area contributed by atoms with Crippen molar-refractivity contribution >= 4 is 34.0 Å². The molecule has 1 aliphatic rings. The van der Waals surface area contributed by atoms with Gasteiger partial charge in [0.05, 0.1) is 16.2 Å².